The van der Waals surface area contributed by atoms with Gasteiger partial charge in [-0.25, -0.2) is 0 Å². The fourth-order valence-electron chi connectivity index (χ4n) is 4.95. The van der Waals surface area contributed by atoms with E-state index in [4.69, 9.17) is 11.6 Å². The molecule has 2 aromatic carbocycles. The first-order chi connectivity index (χ1) is 18.3. The molecule has 0 spiro atoms. The van der Waals surface area contributed by atoms with E-state index in [0.717, 1.165) is 23.0 Å². The smallest absolute Gasteiger partial charge is 0.255 e. The molecule has 0 radical (unpaired) electrons. The number of nitrogens with one attached hydrogen (secondary N) is 4. The van der Waals surface area contributed by atoms with E-state index in [1.807, 2.05) is 6.07 Å². The summed E-state index contributed by atoms with van der Waals surface area (Å²) in [6.45, 7) is 5.69. The van der Waals surface area contributed by atoms with Gasteiger partial charge in [0.2, 0.25) is 0 Å². The van der Waals surface area contributed by atoms with Crippen LogP contribution in [0.2, 0.25) is 5.02 Å². The molecule has 3 heterocycles. The van der Waals surface area contributed by atoms with Gasteiger partial charge in [-0.3, -0.25) is 19.3 Å². The molecule has 1 saturated heterocycles. The van der Waals surface area contributed by atoms with Crippen molar-refractivity contribution in [3.05, 3.63) is 93.5 Å². The van der Waals surface area contributed by atoms with Gasteiger partial charge in [0.25, 0.3) is 17.4 Å². The predicted octanol–water partition coefficient (Wildman–Crippen LogP) is 4.19. The normalized spacial score (nSPS) is 18.0. The first-order valence-electron chi connectivity index (χ1n) is 12.7. The molecule has 196 valence electrons. The average Bonchev–Trinajstić information content (AvgIpc) is 3.29. The Morgan fingerprint density at radius 2 is 1.68 bits per heavy atom. The number of rotatable bonds is 6. The summed E-state index contributed by atoms with van der Waals surface area (Å²) in [5.41, 5.74) is 2.90. The molecule has 5 rings (SSSR count). The van der Waals surface area contributed by atoms with Crippen LogP contribution in [0.4, 0.5) is 0 Å². The number of halogens is 1. The lowest BCUT2D eigenvalue weighted by molar-refractivity contribution is 0.0776. The molecule has 0 saturated carbocycles. The van der Waals surface area contributed by atoms with Crippen molar-refractivity contribution in [2.24, 2.45) is 0 Å². The lowest BCUT2D eigenvalue weighted by Gasteiger charge is -2.41. The van der Waals surface area contributed by atoms with Gasteiger partial charge in [-0.2, -0.15) is 0 Å². The molecule has 9 heteroatoms. The van der Waals surface area contributed by atoms with Crippen molar-refractivity contribution in [1.82, 2.24) is 25.5 Å². The van der Waals surface area contributed by atoms with E-state index in [1.54, 1.807) is 60.9 Å². The number of hydrogen-bond donors (Lipinski definition) is 4. The number of pyridine rings is 1. The van der Waals surface area contributed by atoms with Crippen LogP contribution in [0.5, 0.6) is 0 Å². The van der Waals surface area contributed by atoms with Crippen LogP contribution in [0.1, 0.15) is 41.0 Å². The van der Waals surface area contributed by atoms with Crippen LogP contribution < -0.4 is 16.2 Å². The third-order valence-electron chi connectivity index (χ3n) is 7.18. The van der Waals surface area contributed by atoms with Gasteiger partial charge in [0, 0.05) is 59.1 Å². The van der Waals surface area contributed by atoms with E-state index in [-0.39, 0.29) is 29.5 Å². The highest BCUT2D eigenvalue weighted by molar-refractivity contribution is 6.35. The van der Waals surface area contributed by atoms with E-state index < -0.39 is 0 Å². The molecule has 1 fully saturated rings. The summed E-state index contributed by atoms with van der Waals surface area (Å²) < 4.78 is 0. The molecule has 0 unspecified atom stereocenters. The molecule has 0 aliphatic carbocycles. The van der Waals surface area contributed by atoms with Crippen LogP contribution in [0.25, 0.3) is 22.0 Å². The first kappa shape index (κ1) is 25.8. The van der Waals surface area contributed by atoms with Gasteiger partial charge < -0.3 is 20.6 Å². The largest absolute Gasteiger partial charge is 0.360 e. The van der Waals surface area contributed by atoms with Crippen molar-refractivity contribution in [3.8, 4) is 11.1 Å². The average molecular weight is 532 g/mol. The van der Waals surface area contributed by atoms with Gasteiger partial charge in [0.1, 0.15) is 0 Å². The standard InChI is InChI=1S/C29H30ClN5O3/c1-17(2)35-13-11-24(33-28(37)20-9-10-22-23(30)15-32-25(22)14-20)26(16-35)34-27(36)19-7-5-18(6-8-19)21-4-3-12-31-29(21)38/h3-10,12,14-15,17,24,26,32H,11,13,16H2,1-2H3,(H,31,38)(H,33,37)(H,34,36)/t24-,26+/m1/s1. The predicted molar refractivity (Wildman–Crippen MR) is 150 cm³/mol. The van der Waals surface area contributed by atoms with Crippen molar-refractivity contribution >= 4 is 34.3 Å². The molecule has 38 heavy (non-hydrogen) atoms. The molecular formula is C29H30ClN5O3. The monoisotopic (exact) mass is 531 g/mol. The Morgan fingerprint density at radius 3 is 2.42 bits per heavy atom. The number of aromatic nitrogens is 2. The van der Waals surface area contributed by atoms with Crippen molar-refractivity contribution in [2.45, 2.75) is 38.4 Å². The minimum Gasteiger partial charge on any atom is -0.360 e. The fraction of sp³-hybridized carbons (Fsp3) is 0.276. The molecule has 1 aliphatic heterocycles. The SMILES string of the molecule is CC(C)N1CC[C@@H](NC(=O)c2ccc3c(Cl)c[nH]c3c2)[C@@H](NC(=O)c2ccc(-c3ccc[nH]c3=O)cc2)C1. The second-order valence-electron chi connectivity index (χ2n) is 9.92. The van der Waals surface area contributed by atoms with Crippen molar-refractivity contribution in [3.63, 3.8) is 0 Å². The molecular weight excluding hydrogens is 502 g/mol. The Kier molecular flexibility index (Phi) is 7.35. The maximum absolute atomic E-state index is 13.2. The number of hydrogen-bond acceptors (Lipinski definition) is 4. The number of amides is 2. The third-order valence-corrected chi connectivity index (χ3v) is 7.49. The number of benzene rings is 2. The first-order valence-corrected chi connectivity index (χ1v) is 13.1. The maximum Gasteiger partial charge on any atom is 0.255 e. The summed E-state index contributed by atoms with van der Waals surface area (Å²) in [7, 11) is 0. The lowest BCUT2D eigenvalue weighted by atomic mass is 9.96. The van der Waals surface area contributed by atoms with E-state index >= 15 is 0 Å². The minimum atomic E-state index is -0.275. The number of nitrogens with zero attached hydrogens (tertiary/aromatic N) is 1. The summed E-state index contributed by atoms with van der Waals surface area (Å²) in [6.07, 6.45) is 3.99. The molecule has 4 aromatic rings. The number of carbonyl (C=O) groups excluding carboxylic acids is 2. The Bertz CT molecular complexity index is 1530. The quantitative estimate of drug-likeness (QED) is 0.299. The molecule has 2 amide bonds. The Labute approximate surface area is 225 Å². The summed E-state index contributed by atoms with van der Waals surface area (Å²) in [4.78, 5) is 46.5. The summed E-state index contributed by atoms with van der Waals surface area (Å²) >= 11 is 6.17. The van der Waals surface area contributed by atoms with Gasteiger partial charge in [-0.05, 0) is 62.2 Å². The van der Waals surface area contributed by atoms with Crippen LogP contribution in [0.3, 0.4) is 0 Å². The second kappa shape index (κ2) is 10.8. The molecule has 2 atom stereocenters. The van der Waals surface area contributed by atoms with Crippen LogP contribution >= 0.6 is 11.6 Å². The summed E-state index contributed by atoms with van der Waals surface area (Å²) in [5.74, 6) is -0.423. The highest BCUT2D eigenvalue weighted by atomic mass is 35.5. The van der Waals surface area contributed by atoms with Gasteiger partial charge in [-0.15, -0.1) is 0 Å². The minimum absolute atomic E-state index is 0.183. The number of H-pyrrole nitrogens is 2. The zero-order chi connectivity index (χ0) is 26.8. The second-order valence-corrected chi connectivity index (χ2v) is 10.3. The van der Waals surface area contributed by atoms with Crippen molar-refractivity contribution < 1.29 is 9.59 Å². The van der Waals surface area contributed by atoms with Gasteiger partial charge >= 0.3 is 0 Å². The number of piperidine rings is 1. The highest BCUT2D eigenvalue weighted by Gasteiger charge is 2.33. The Morgan fingerprint density at radius 1 is 0.974 bits per heavy atom. The molecule has 4 N–H and O–H groups in total. The summed E-state index contributed by atoms with van der Waals surface area (Å²) in [5, 5.41) is 7.76. The number of aromatic amines is 2. The van der Waals surface area contributed by atoms with Crippen LogP contribution in [0.15, 0.2) is 71.8 Å². The Balaban J connectivity index is 1.31. The zero-order valence-electron chi connectivity index (χ0n) is 21.3. The molecule has 8 nitrogen and oxygen atoms in total. The van der Waals surface area contributed by atoms with E-state index in [2.05, 4.69) is 39.3 Å². The number of carbonyl (C=O) groups is 2. The van der Waals surface area contributed by atoms with E-state index in [0.29, 0.717) is 40.7 Å². The molecule has 0 bridgehead atoms. The number of likely N-dealkylation sites (tertiary alicyclic amines) is 1. The van der Waals surface area contributed by atoms with Crippen LogP contribution in [-0.2, 0) is 0 Å². The fourth-order valence-corrected chi connectivity index (χ4v) is 5.17. The molecule has 1 aliphatic rings. The lowest BCUT2D eigenvalue weighted by Crippen LogP contribution is -2.61. The number of fused-ring (bicyclic) bond motifs is 1. The topological polar surface area (TPSA) is 110 Å². The third kappa shape index (κ3) is 5.37. The van der Waals surface area contributed by atoms with Gasteiger partial charge in [0.05, 0.1) is 17.1 Å². The van der Waals surface area contributed by atoms with Crippen LogP contribution in [-0.4, -0.2) is 57.9 Å². The Hall–Kier alpha value is -3.88. The van der Waals surface area contributed by atoms with Crippen molar-refractivity contribution in [2.75, 3.05) is 13.1 Å². The van der Waals surface area contributed by atoms with E-state index in [1.165, 1.54) is 0 Å². The van der Waals surface area contributed by atoms with E-state index in [9.17, 15) is 14.4 Å². The highest BCUT2D eigenvalue weighted by Crippen LogP contribution is 2.24. The molecule has 2 aromatic heterocycles. The van der Waals surface area contributed by atoms with Gasteiger partial charge in [-0.1, -0.05) is 29.8 Å². The summed E-state index contributed by atoms with van der Waals surface area (Å²) in [6, 6.07) is 15.6. The van der Waals surface area contributed by atoms with Gasteiger partial charge in [0.15, 0.2) is 0 Å². The maximum atomic E-state index is 13.2. The van der Waals surface area contributed by atoms with Crippen molar-refractivity contribution in [1.29, 1.82) is 0 Å². The van der Waals surface area contributed by atoms with Crippen LogP contribution in [0, 0.1) is 0 Å². The zero-order valence-corrected chi connectivity index (χ0v) is 22.0.